The predicted molar refractivity (Wildman–Crippen MR) is 116 cm³/mol. The third kappa shape index (κ3) is 5.54. The van der Waals surface area contributed by atoms with Gasteiger partial charge in [-0.15, -0.1) is 5.10 Å². The molecule has 0 aliphatic rings. The maximum absolute atomic E-state index is 12.5. The van der Waals surface area contributed by atoms with Crippen LogP contribution in [0.2, 0.25) is 0 Å². The van der Waals surface area contributed by atoms with Gasteiger partial charge in [0.1, 0.15) is 0 Å². The molecule has 7 heteroatoms. The van der Waals surface area contributed by atoms with Crippen molar-refractivity contribution in [2.24, 2.45) is 5.41 Å². The van der Waals surface area contributed by atoms with Crippen LogP contribution in [0.1, 0.15) is 36.7 Å². The Hall–Kier alpha value is -2.93. The van der Waals surface area contributed by atoms with Gasteiger partial charge < -0.3 is 5.32 Å². The molecular weight excluding hydrogens is 384 g/mol. The number of nitrogens with zero attached hydrogens (tertiary/aromatic N) is 2. The van der Waals surface area contributed by atoms with Gasteiger partial charge in [0.15, 0.2) is 11.6 Å². The smallest absolute Gasteiger partial charge is 0.229 e. The lowest BCUT2D eigenvalue weighted by Gasteiger charge is -2.17. The van der Waals surface area contributed by atoms with Gasteiger partial charge in [-0.25, -0.2) is 4.98 Å². The number of nitrogens with one attached hydrogen (secondary N) is 2. The van der Waals surface area contributed by atoms with E-state index in [0.29, 0.717) is 22.2 Å². The predicted octanol–water partition coefficient (Wildman–Crippen LogP) is 4.74. The van der Waals surface area contributed by atoms with Gasteiger partial charge >= 0.3 is 0 Å². The van der Waals surface area contributed by atoms with E-state index in [1.54, 1.807) is 24.3 Å². The van der Waals surface area contributed by atoms with Crippen LogP contribution in [0.25, 0.3) is 11.4 Å². The summed E-state index contributed by atoms with van der Waals surface area (Å²) in [6.45, 7) is 7.59. The fraction of sp³-hybridized carbons (Fsp3) is 0.273. The number of ketones is 1. The van der Waals surface area contributed by atoms with E-state index in [1.807, 2.05) is 52.0 Å². The Kier molecular flexibility index (Phi) is 6.17. The number of amides is 1. The Morgan fingerprint density at radius 2 is 1.69 bits per heavy atom. The highest BCUT2D eigenvalue weighted by molar-refractivity contribution is 7.99. The zero-order valence-electron chi connectivity index (χ0n) is 16.9. The van der Waals surface area contributed by atoms with Crippen molar-refractivity contribution in [3.63, 3.8) is 0 Å². The van der Waals surface area contributed by atoms with Gasteiger partial charge in [-0.3, -0.25) is 14.7 Å². The molecule has 6 nitrogen and oxygen atoms in total. The number of Topliss-reactive ketones (excluding diaryl/α,β-unsaturated/α-hetero) is 1. The van der Waals surface area contributed by atoms with Crippen LogP contribution >= 0.6 is 11.8 Å². The molecule has 0 fully saturated rings. The molecule has 0 saturated heterocycles. The normalized spacial score (nSPS) is 11.3. The maximum Gasteiger partial charge on any atom is 0.229 e. The summed E-state index contributed by atoms with van der Waals surface area (Å²) < 4.78 is 0. The van der Waals surface area contributed by atoms with E-state index in [1.165, 1.54) is 17.3 Å². The molecule has 0 atom stereocenters. The van der Waals surface area contributed by atoms with E-state index in [-0.39, 0.29) is 17.4 Å². The lowest BCUT2D eigenvalue weighted by Crippen LogP contribution is -2.27. The van der Waals surface area contributed by atoms with Crippen molar-refractivity contribution < 1.29 is 9.59 Å². The molecule has 1 heterocycles. The van der Waals surface area contributed by atoms with Crippen molar-refractivity contribution in [3.8, 4) is 11.4 Å². The van der Waals surface area contributed by atoms with Crippen LogP contribution in [0.4, 0.5) is 5.69 Å². The number of anilines is 1. The number of aromatic amines is 1. The summed E-state index contributed by atoms with van der Waals surface area (Å²) in [5, 5.41) is 10.5. The van der Waals surface area contributed by atoms with Crippen LogP contribution in [0.3, 0.4) is 0 Å². The largest absolute Gasteiger partial charge is 0.326 e. The molecule has 29 heavy (non-hydrogen) atoms. The standard InChI is InChI=1S/C22H24N4O2S/c1-14-5-7-16(8-6-14)19-24-21(26-25-19)29-13-18(27)15-9-11-17(12-10-15)23-20(28)22(2,3)4/h5-12H,13H2,1-4H3,(H,23,28)(H,24,25,26). The summed E-state index contributed by atoms with van der Waals surface area (Å²) in [5.41, 5.74) is 2.91. The molecule has 0 radical (unpaired) electrons. The highest BCUT2D eigenvalue weighted by atomic mass is 32.2. The second-order valence-electron chi connectivity index (χ2n) is 7.83. The number of benzene rings is 2. The third-order valence-electron chi connectivity index (χ3n) is 4.27. The molecule has 3 rings (SSSR count). The number of thioether (sulfide) groups is 1. The van der Waals surface area contributed by atoms with Crippen LogP contribution in [0.15, 0.2) is 53.7 Å². The van der Waals surface area contributed by atoms with Gasteiger partial charge in [-0.2, -0.15) is 0 Å². The number of aromatic nitrogens is 3. The van der Waals surface area contributed by atoms with Crippen LogP contribution in [-0.4, -0.2) is 32.6 Å². The average Bonchev–Trinajstić information content (AvgIpc) is 3.15. The quantitative estimate of drug-likeness (QED) is 0.454. The zero-order valence-corrected chi connectivity index (χ0v) is 17.8. The first-order valence-electron chi connectivity index (χ1n) is 9.29. The lowest BCUT2D eigenvalue weighted by molar-refractivity contribution is -0.123. The van der Waals surface area contributed by atoms with Gasteiger partial charge in [-0.05, 0) is 31.2 Å². The monoisotopic (exact) mass is 408 g/mol. The fourth-order valence-electron chi connectivity index (χ4n) is 2.42. The van der Waals surface area contributed by atoms with E-state index in [2.05, 4.69) is 20.5 Å². The molecule has 0 saturated carbocycles. The van der Waals surface area contributed by atoms with Gasteiger partial charge in [0.25, 0.3) is 0 Å². The van der Waals surface area contributed by atoms with Crippen molar-refractivity contribution in [2.75, 3.05) is 11.1 Å². The molecule has 150 valence electrons. The first-order chi connectivity index (χ1) is 13.7. The Bertz CT molecular complexity index is 1000. The van der Waals surface area contributed by atoms with Crippen molar-refractivity contribution in [1.82, 2.24) is 15.2 Å². The third-order valence-corrected chi connectivity index (χ3v) is 5.12. The molecule has 0 aliphatic heterocycles. The topological polar surface area (TPSA) is 87.7 Å². The van der Waals surface area contributed by atoms with Gasteiger partial charge in [0.2, 0.25) is 11.1 Å². The van der Waals surface area contributed by atoms with Crippen molar-refractivity contribution >= 4 is 29.1 Å². The maximum atomic E-state index is 12.5. The SMILES string of the molecule is Cc1ccc(-c2nc(SCC(=O)c3ccc(NC(=O)C(C)(C)C)cc3)n[nH]2)cc1. The van der Waals surface area contributed by atoms with E-state index >= 15 is 0 Å². The highest BCUT2D eigenvalue weighted by Crippen LogP contribution is 2.21. The summed E-state index contributed by atoms with van der Waals surface area (Å²) in [6, 6.07) is 14.9. The van der Waals surface area contributed by atoms with Gasteiger partial charge in [-0.1, -0.05) is 62.4 Å². The second-order valence-corrected chi connectivity index (χ2v) is 8.77. The number of hydrogen-bond acceptors (Lipinski definition) is 5. The average molecular weight is 409 g/mol. The van der Waals surface area contributed by atoms with Crippen molar-refractivity contribution in [3.05, 3.63) is 59.7 Å². The van der Waals surface area contributed by atoms with Gasteiger partial charge in [0, 0.05) is 22.2 Å². The van der Waals surface area contributed by atoms with E-state index in [4.69, 9.17) is 0 Å². The zero-order chi connectivity index (χ0) is 21.0. The molecule has 2 N–H and O–H groups in total. The molecule has 1 amide bonds. The Labute approximate surface area is 174 Å². The molecular formula is C22H24N4O2S. The summed E-state index contributed by atoms with van der Waals surface area (Å²) in [4.78, 5) is 28.9. The number of rotatable bonds is 6. The number of hydrogen-bond donors (Lipinski definition) is 2. The number of aryl methyl sites for hydroxylation is 1. The molecule has 0 spiro atoms. The van der Waals surface area contributed by atoms with E-state index in [0.717, 1.165) is 5.56 Å². The number of carbonyl (C=O) groups excluding carboxylic acids is 2. The Balaban J connectivity index is 1.57. The van der Waals surface area contributed by atoms with Crippen molar-refractivity contribution in [1.29, 1.82) is 0 Å². The Morgan fingerprint density at radius 1 is 1.03 bits per heavy atom. The first kappa shape index (κ1) is 20.8. The molecule has 0 unspecified atom stereocenters. The van der Waals surface area contributed by atoms with Crippen LogP contribution in [0.5, 0.6) is 0 Å². The minimum atomic E-state index is -0.473. The van der Waals surface area contributed by atoms with E-state index in [9.17, 15) is 9.59 Å². The molecule has 1 aromatic heterocycles. The summed E-state index contributed by atoms with van der Waals surface area (Å²) in [7, 11) is 0. The highest BCUT2D eigenvalue weighted by Gasteiger charge is 2.21. The van der Waals surface area contributed by atoms with E-state index < -0.39 is 5.41 Å². The second kappa shape index (κ2) is 8.61. The number of H-pyrrole nitrogens is 1. The molecule has 0 bridgehead atoms. The summed E-state index contributed by atoms with van der Waals surface area (Å²) in [6.07, 6.45) is 0. The Morgan fingerprint density at radius 3 is 2.31 bits per heavy atom. The summed E-state index contributed by atoms with van der Waals surface area (Å²) >= 11 is 1.29. The first-order valence-corrected chi connectivity index (χ1v) is 10.3. The molecule has 0 aliphatic carbocycles. The summed E-state index contributed by atoms with van der Waals surface area (Å²) in [5.74, 6) is 0.823. The minimum Gasteiger partial charge on any atom is -0.326 e. The lowest BCUT2D eigenvalue weighted by atomic mass is 9.95. The number of carbonyl (C=O) groups is 2. The van der Waals surface area contributed by atoms with Crippen LogP contribution < -0.4 is 5.32 Å². The van der Waals surface area contributed by atoms with Crippen LogP contribution in [0, 0.1) is 12.3 Å². The van der Waals surface area contributed by atoms with Crippen molar-refractivity contribution in [2.45, 2.75) is 32.9 Å². The minimum absolute atomic E-state index is 0.0228. The fourth-order valence-corrected chi connectivity index (χ4v) is 3.12. The van der Waals surface area contributed by atoms with Crippen LogP contribution in [-0.2, 0) is 4.79 Å². The van der Waals surface area contributed by atoms with Gasteiger partial charge in [0.05, 0.1) is 5.75 Å². The molecule has 2 aromatic carbocycles. The molecule has 3 aromatic rings.